The second-order valence-corrected chi connectivity index (χ2v) is 8.98. The predicted octanol–water partition coefficient (Wildman–Crippen LogP) is -7.47. The van der Waals surface area contributed by atoms with Gasteiger partial charge in [-0.2, -0.15) is 0 Å². The maximum atomic E-state index is 8.49. The fraction of sp³-hybridized carbons (Fsp3) is 0.867. The van der Waals surface area contributed by atoms with Gasteiger partial charge in [-0.1, -0.05) is 0 Å². The Morgan fingerprint density at radius 3 is 1.63 bits per heavy atom. The standard InChI is InChI=1S/C15H30N4.2ClHO4.Ni/c1-13-12-15(4,5)19-11-10-18-14(2,3)6-7-16-8-9-17-13;2*2-1(3,4)5;/h7,18-19H,6,8-12H2,1-5H3;2*(H,2,3,4,5);/q;;;+2/p-2. The number of aliphatic imine (C=N–C) groups is 2. The van der Waals surface area contributed by atoms with E-state index in [0.717, 1.165) is 39.0 Å². The molecule has 1 rings (SSSR count). The van der Waals surface area contributed by atoms with Crippen molar-refractivity contribution in [3.05, 3.63) is 0 Å². The van der Waals surface area contributed by atoms with Crippen molar-refractivity contribution in [1.82, 2.24) is 10.6 Å². The van der Waals surface area contributed by atoms with E-state index in [-0.39, 0.29) is 27.6 Å². The summed E-state index contributed by atoms with van der Waals surface area (Å²) in [5.41, 5.74) is 1.42. The summed E-state index contributed by atoms with van der Waals surface area (Å²) < 4.78 is 67.9. The van der Waals surface area contributed by atoms with Crippen LogP contribution >= 0.6 is 0 Å². The fourth-order valence-corrected chi connectivity index (χ4v) is 2.31. The van der Waals surface area contributed by atoms with Gasteiger partial charge in [0.2, 0.25) is 0 Å². The molecule has 0 aromatic rings. The third kappa shape index (κ3) is 35.5. The molecule has 0 saturated carbocycles. The average Bonchev–Trinajstić information content (AvgIpc) is 2.42. The van der Waals surface area contributed by atoms with Crippen LogP contribution in [0.4, 0.5) is 0 Å². The molecule has 30 heavy (non-hydrogen) atoms. The van der Waals surface area contributed by atoms with E-state index < -0.39 is 20.5 Å². The Morgan fingerprint density at radius 2 is 1.20 bits per heavy atom. The SMILES string of the molecule is CC1=NCCN=CCC(C)(C)NCCNC(C)(C)C1.[Ni+2].[O-][Cl+3]([O-])([O-])[O-].[O-][Cl+3]([O-])([O-])[O-]. The van der Waals surface area contributed by atoms with Crippen molar-refractivity contribution in [3.63, 3.8) is 0 Å². The summed E-state index contributed by atoms with van der Waals surface area (Å²) in [4.78, 5) is 9.03. The van der Waals surface area contributed by atoms with Crippen LogP contribution in [-0.2, 0) is 16.5 Å². The third-order valence-electron chi connectivity index (χ3n) is 3.37. The molecule has 182 valence electrons. The van der Waals surface area contributed by atoms with Gasteiger partial charge in [0.15, 0.2) is 0 Å². The van der Waals surface area contributed by atoms with Gasteiger partial charge >= 0.3 is 16.5 Å². The van der Waals surface area contributed by atoms with Crippen molar-refractivity contribution in [2.24, 2.45) is 9.98 Å². The van der Waals surface area contributed by atoms with E-state index in [1.165, 1.54) is 5.71 Å². The van der Waals surface area contributed by atoms with Crippen LogP contribution in [0, 0.1) is 20.5 Å². The first-order valence-corrected chi connectivity index (χ1v) is 11.0. The van der Waals surface area contributed by atoms with Gasteiger partial charge in [0, 0.05) is 42.5 Å². The number of nitrogens with zero attached hydrogens (tertiary/aromatic N) is 2. The Kier molecular flexibility index (Phi) is 18.2. The third-order valence-corrected chi connectivity index (χ3v) is 3.37. The van der Waals surface area contributed by atoms with Crippen molar-refractivity contribution in [3.8, 4) is 0 Å². The molecule has 0 atom stereocenters. The molecule has 0 amide bonds. The Labute approximate surface area is 191 Å². The van der Waals surface area contributed by atoms with Gasteiger partial charge in [0.1, 0.15) is 0 Å². The summed E-state index contributed by atoms with van der Waals surface area (Å²) in [6.45, 7) is 14.6. The molecule has 2 N–H and O–H groups in total. The zero-order valence-electron chi connectivity index (χ0n) is 17.6. The Balaban J connectivity index is -0.000000553. The summed E-state index contributed by atoms with van der Waals surface area (Å²) in [5.74, 6) is 0. The van der Waals surface area contributed by atoms with Crippen LogP contribution in [0.1, 0.15) is 47.5 Å². The minimum Gasteiger partial charge on any atom is -0.310 e. The molecule has 0 spiro atoms. The molecule has 15 heteroatoms. The van der Waals surface area contributed by atoms with E-state index in [1.54, 1.807) is 0 Å². The van der Waals surface area contributed by atoms with E-state index in [0.29, 0.717) is 0 Å². The second-order valence-electron chi connectivity index (χ2n) is 7.46. The smallest absolute Gasteiger partial charge is 0.310 e. The monoisotopic (exact) mass is 522 g/mol. The van der Waals surface area contributed by atoms with Crippen LogP contribution in [0.15, 0.2) is 9.98 Å². The topological polar surface area (TPSA) is 233 Å². The number of nitrogens with one attached hydrogen (secondary N) is 2. The molecule has 1 heterocycles. The first-order chi connectivity index (χ1) is 12.8. The van der Waals surface area contributed by atoms with Gasteiger partial charge in [-0.3, -0.25) is 9.98 Å². The Bertz CT molecular complexity index is 488. The van der Waals surface area contributed by atoms with Gasteiger partial charge < -0.3 is 10.6 Å². The first kappa shape index (κ1) is 34.6. The van der Waals surface area contributed by atoms with Crippen LogP contribution < -0.4 is 47.9 Å². The summed E-state index contributed by atoms with van der Waals surface area (Å²) in [7, 11) is -9.89. The minimum absolute atomic E-state index is 0. The van der Waals surface area contributed by atoms with Gasteiger partial charge in [-0.15, -0.1) is 20.5 Å². The molecule has 0 aromatic heterocycles. The van der Waals surface area contributed by atoms with Crippen LogP contribution in [0.3, 0.4) is 0 Å². The van der Waals surface area contributed by atoms with Crippen LogP contribution in [0.2, 0.25) is 0 Å². The number of hydrogen-bond donors (Lipinski definition) is 2. The number of hydrogen-bond acceptors (Lipinski definition) is 12. The van der Waals surface area contributed by atoms with Gasteiger partial charge in [-0.25, -0.2) is 37.3 Å². The van der Waals surface area contributed by atoms with Gasteiger partial charge in [-0.05, 0) is 41.0 Å². The molecule has 0 radical (unpaired) electrons. The van der Waals surface area contributed by atoms with Crippen molar-refractivity contribution in [1.29, 1.82) is 0 Å². The number of rotatable bonds is 0. The van der Waals surface area contributed by atoms with E-state index in [2.05, 4.69) is 55.2 Å². The van der Waals surface area contributed by atoms with E-state index in [4.69, 9.17) is 37.3 Å². The van der Waals surface area contributed by atoms with Gasteiger partial charge in [0.25, 0.3) is 0 Å². The van der Waals surface area contributed by atoms with Crippen molar-refractivity contribution in [2.75, 3.05) is 26.2 Å². The van der Waals surface area contributed by atoms with Crippen molar-refractivity contribution >= 4 is 11.9 Å². The van der Waals surface area contributed by atoms with E-state index in [1.807, 2.05) is 6.21 Å². The van der Waals surface area contributed by atoms with Gasteiger partial charge in [0.05, 0.1) is 13.1 Å². The molecule has 0 unspecified atom stereocenters. The molecule has 0 fully saturated rings. The van der Waals surface area contributed by atoms with Crippen LogP contribution in [-0.4, -0.2) is 49.2 Å². The number of halogens is 2. The second kappa shape index (κ2) is 15.8. The zero-order valence-corrected chi connectivity index (χ0v) is 20.1. The van der Waals surface area contributed by atoms with E-state index in [9.17, 15) is 0 Å². The van der Waals surface area contributed by atoms with Crippen molar-refractivity contribution < 1.29 is 74.2 Å². The van der Waals surface area contributed by atoms with Crippen LogP contribution in [0.25, 0.3) is 0 Å². The maximum absolute atomic E-state index is 8.49. The predicted molar refractivity (Wildman–Crippen MR) is 84.7 cm³/mol. The summed E-state index contributed by atoms with van der Waals surface area (Å²) in [5, 5.41) is 7.18. The van der Waals surface area contributed by atoms with Crippen molar-refractivity contribution in [2.45, 2.75) is 58.5 Å². The average molecular weight is 524 g/mol. The maximum Gasteiger partial charge on any atom is 2.00 e. The molecular weight excluding hydrogens is 494 g/mol. The molecule has 0 aromatic carbocycles. The van der Waals surface area contributed by atoms with E-state index >= 15 is 0 Å². The fourth-order valence-electron chi connectivity index (χ4n) is 2.31. The summed E-state index contributed by atoms with van der Waals surface area (Å²) >= 11 is 0. The Morgan fingerprint density at radius 1 is 0.800 bits per heavy atom. The largest absolute Gasteiger partial charge is 2.00 e. The minimum atomic E-state index is -4.94. The summed E-state index contributed by atoms with van der Waals surface area (Å²) in [6, 6.07) is 0. The molecule has 0 aliphatic carbocycles. The quantitative estimate of drug-likeness (QED) is 0.284. The molecular formula is C15H30Cl2N4NiO8. The zero-order chi connectivity index (χ0) is 23.4. The van der Waals surface area contributed by atoms with Crippen LogP contribution in [0.5, 0.6) is 0 Å². The summed E-state index contributed by atoms with van der Waals surface area (Å²) in [6.07, 6.45) is 3.97. The normalized spacial score (nSPS) is 20.1. The molecule has 12 nitrogen and oxygen atoms in total. The molecule has 1 aliphatic heterocycles. The Hall–Kier alpha value is 0.0135. The molecule has 1 aliphatic rings. The molecule has 0 bridgehead atoms. The molecule has 0 saturated heterocycles. The first-order valence-electron chi connectivity index (χ1n) is 8.52.